The van der Waals surface area contributed by atoms with Gasteiger partial charge in [0.05, 0.1) is 11.7 Å². The van der Waals surface area contributed by atoms with Gasteiger partial charge >= 0.3 is 0 Å². The molecule has 0 bridgehead atoms. The Bertz CT molecular complexity index is 536. The van der Waals surface area contributed by atoms with Gasteiger partial charge in [0.15, 0.2) is 0 Å². The lowest BCUT2D eigenvalue weighted by molar-refractivity contribution is 0.0936. The van der Waals surface area contributed by atoms with Crippen LogP contribution in [0.1, 0.15) is 30.1 Å². The van der Waals surface area contributed by atoms with Crippen LogP contribution >= 0.6 is 0 Å². The van der Waals surface area contributed by atoms with Gasteiger partial charge in [-0.25, -0.2) is 0 Å². The van der Waals surface area contributed by atoms with Crippen LogP contribution < -0.4 is 5.32 Å². The summed E-state index contributed by atoms with van der Waals surface area (Å²) in [5, 5.41) is 19.3. The molecule has 96 valence electrons. The molecular formula is C13H17N3O2. The van der Waals surface area contributed by atoms with Gasteiger partial charge in [-0.15, -0.1) is 0 Å². The van der Waals surface area contributed by atoms with E-state index in [9.17, 15) is 4.79 Å². The number of aromatic amines is 1. The third kappa shape index (κ3) is 2.87. The van der Waals surface area contributed by atoms with Crippen molar-refractivity contribution < 1.29 is 9.90 Å². The summed E-state index contributed by atoms with van der Waals surface area (Å²) in [7, 11) is 0. The van der Waals surface area contributed by atoms with Crippen molar-refractivity contribution in [3.63, 3.8) is 0 Å². The van der Waals surface area contributed by atoms with Crippen LogP contribution in [0.25, 0.3) is 10.9 Å². The molecule has 0 aliphatic rings. The largest absolute Gasteiger partial charge is 0.396 e. The van der Waals surface area contributed by atoms with Gasteiger partial charge in [-0.05, 0) is 38.0 Å². The molecule has 1 aromatic carbocycles. The Kier molecular flexibility index (Phi) is 3.94. The molecule has 0 aliphatic carbocycles. The second-order valence-corrected chi connectivity index (χ2v) is 4.41. The monoisotopic (exact) mass is 247 g/mol. The molecule has 1 aromatic heterocycles. The molecule has 0 saturated carbocycles. The predicted molar refractivity (Wildman–Crippen MR) is 69.3 cm³/mol. The first-order valence-electron chi connectivity index (χ1n) is 6.05. The summed E-state index contributed by atoms with van der Waals surface area (Å²) in [6, 6.07) is 5.49. The standard InChI is InChI=1S/C13H17N3O2/c1-9(3-2-6-17)15-13(18)10-4-5-12-11(7-10)8-14-16-12/h4-5,7-9,17H,2-3,6H2,1H3,(H,14,16)(H,15,18). The zero-order valence-corrected chi connectivity index (χ0v) is 10.3. The van der Waals surface area contributed by atoms with Crippen molar-refractivity contribution in [3.8, 4) is 0 Å². The third-order valence-corrected chi connectivity index (χ3v) is 2.88. The van der Waals surface area contributed by atoms with E-state index in [1.54, 1.807) is 12.3 Å². The number of carbonyl (C=O) groups is 1. The summed E-state index contributed by atoms with van der Waals surface area (Å²) in [5.41, 5.74) is 1.54. The van der Waals surface area contributed by atoms with Crippen molar-refractivity contribution in [2.45, 2.75) is 25.8 Å². The first-order valence-corrected chi connectivity index (χ1v) is 6.05. The molecule has 18 heavy (non-hydrogen) atoms. The Morgan fingerprint density at radius 2 is 2.39 bits per heavy atom. The zero-order valence-electron chi connectivity index (χ0n) is 10.3. The van der Waals surface area contributed by atoms with Gasteiger partial charge in [0.25, 0.3) is 5.91 Å². The van der Waals surface area contributed by atoms with Gasteiger partial charge in [-0.1, -0.05) is 0 Å². The van der Waals surface area contributed by atoms with E-state index >= 15 is 0 Å². The maximum absolute atomic E-state index is 12.0. The van der Waals surface area contributed by atoms with E-state index < -0.39 is 0 Å². The van der Waals surface area contributed by atoms with Crippen LogP contribution in [0.3, 0.4) is 0 Å². The molecular weight excluding hydrogens is 230 g/mol. The quantitative estimate of drug-likeness (QED) is 0.748. The van der Waals surface area contributed by atoms with Gasteiger partial charge < -0.3 is 10.4 Å². The van der Waals surface area contributed by atoms with E-state index in [2.05, 4.69) is 15.5 Å². The van der Waals surface area contributed by atoms with Crippen LogP contribution in [0.2, 0.25) is 0 Å². The van der Waals surface area contributed by atoms with Crippen molar-refractivity contribution in [2.24, 2.45) is 0 Å². The normalized spacial score (nSPS) is 12.6. The molecule has 1 heterocycles. The van der Waals surface area contributed by atoms with E-state index in [0.717, 1.165) is 17.3 Å². The molecule has 0 radical (unpaired) electrons. The molecule has 5 nitrogen and oxygen atoms in total. The Hall–Kier alpha value is -1.88. The maximum atomic E-state index is 12.0. The maximum Gasteiger partial charge on any atom is 0.251 e. The van der Waals surface area contributed by atoms with Crippen LogP contribution in [-0.4, -0.2) is 33.9 Å². The highest BCUT2D eigenvalue weighted by Crippen LogP contribution is 2.13. The number of nitrogens with one attached hydrogen (secondary N) is 2. The van der Waals surface area contributed by atoms with Gasteiger partial charge in [-0.2, -0.15) is 5.10 Å². The number of benzene rings is 1. The van der Waals surface area contributed by atoms with E-state index in [1.807, 2.05) is 19.1 Å². The molecule has 5 heteroatoms. The Morgan fingerprint density at radius 3 is 3.17 bits per heavy atom. The second-order valence-electron chi connectivity index (χ2n) is 4.41. The summed E-state index contributed by atoms with van der Waals surface area (Å²) in [6.45, 7) is 2.09. The molecule has 1 atom stereocenters. The molecule has 2 rings (SSSR count). The van der Waals surface area contributed by atoms with Gasteiger partial charge in [0.1, 0.15) is 0 Å². The van der Waals surface area contributed by atoms with Crippen LogP contribution in [0.4, 0.5) is 0 Å². The van der Waals surface area contributed by atoms with E-state index in [4.69, 9.17) is 5.11 Å². The van der Waals surface area contributed by atoms with Crippen LogP contribution in [0.5, 0.6) is 0 Å². The zero-order chi connectivity index (χ0) is 13.0. The molecule has 0 saturated heterocycles. The topological polar surface area (TPSA) is 78.0 Å². The first kappa shape index (κ1) is 12.6. The lowest BCUT2D eigenvalue weighted by Crippen LogP contribution is -2.32. The Balaban J connectivity index is 2.03. The molecule has 3 N–H and O–H groups in total. The first-order chi connectivity index (χ1) is 8.70. The number of hydrogen-bond donors (Lipinski definition) is 3. The van der Waals surface area contributed by atoms with Crippen LogP contribution in [0.15, 0.2) is 24.4 Å². The average Bonchev–Trinajstić information content (AvgIpc) is 2.83. The Morgan fingerprint density at radius 1 is 1.56 bits per heavy atom. The lowest BCUT2D eigenvalue weighted by Gasteiger charge is -2.13. The minimum atomic E-state index is -0.0939. The number of aromatic nitrogens is 2. The van der Waals surface area contributed by atoms with Crippen LogP contribution in [0, 0.1) is 0 Å². The van der Waals surface area contributed by atoms with Crippen molar-refractivity contribution >= 4 is 16.8 Å². The summed E-state index contributed by atoms with van der Waals surface area (Å²) < 4.78 is 0. The number of amides is 1. The van der Waals surface area contributed by atoms with Crippen molar-refractivity contribution in [1.82, 2.24) is 15.5 Å². The summed E-state index contributed by atoms with van der Waals surface area (Å²) in [4.78, 5) is 12.0. The molecule has 0 fully saturated rings. The molecule has 0 spiro atoms. The summed E-state index contributed by atoms with van der Waals surface area (Å²) in [5.74, 6) is -0.0939. The molecule has 2 aromatic rings. The van der Waals surface area contributed by atoms with Gasteiger partial charge in [-0.3, -0.25) is 9.89 Å². The fraction of sp³-hybridized carbons (Fsp3) is 0.385. The number of fused-ring (bicyclic) bond motifs is 1. The number of carbonyl (C=O) groups excluding carboxylic acids is 1. The second kappa shape index (κ2) is 5.64. The lowest BCUT2D eigenvalue weighted by atomic mass is 10.1. The summed E-state index contributed by atoms with van der Waals surface area (Å²) >= 11 is 0. The minimum absolute atomic E-state index is 0.0599. The average molecular weight is 247 g/mol. The van der Waals surface area contributed by atoms with E-state index in [-0.39, 0.29) is 18.6 Å². The predicted octanol–water partition coefficient (Wildman–Crippen LogP) is 1.45. The van der Waals surface area contributed by atoms with Gasteiger partial charge in [0.2, 0.25) is 0 Å². The Labute approximate surface area is 105 Å². The van der Waals surface area contributed by atoms with Crippen molar-refractivity contribution in [2.75, 3.05) is 6.61 Å². The highest BCUT2D eigenvalue weighted by atomic mass is 16.2. The molecule has 0 aliphatic heterocycles. The summed E-state index contributed by atoms with van der Waals surface area (Å²) in [6.07, 6.45) is 3.17. The third-order valence-electron chi connectivity index (χ3n) is 2.88. The number of aliphatic hydroxyl groups excluding tert-OH is 1. The van der Waals surface area contributed by atoms with E-state index in [1.165, 1.54) is 0 Å². The highest BCUT2D eigenvalue weighted by molar-refractivity contribution is 5.97. The number of aliphatic hydroxyl groups is 1. The molecule has 1 amide bonds. The number of nitrogens with zero attached hydrogens (tertiary/aromatic N) is 1. The number of hydrogen-bond acceptors (Lipinski definition) is 3. The number of rotatable bonds is 5. The highest BCUT2D eigenvalue weighted by Gasteiger charge is 2.10. The van der Waals surface area contributed by atoms with Crippen LogP contribution in [-0.2, 0) is 0 Å². The van der Waals surface area contributed by atoms with E-state index in [0.29, 0.717) is 12.0 Å². The van der Waals surface area contributed by atoms with Gasteiger partial charge in [0, 0.05) is 23.6 Å². The molecule has 1 unspecified atom stereocenters. The van der Waals surface area contributed by atoms with Crippen molar-refractivity contribution in [3.05, 3.63) is 30.0 Å². The van der Waals surface area contributed by atoms with Crippen molar-refractivity contribution in [1.29, 1.82) is 0 Å². The number of H-pyrrole nitrogens is 1. The minimum Gasteiger partial charge on any atom is -0.396 e. The fourth-order valence-electron chi connectivity index (χ4n) is 1.86. The smallest absolute Gasteiger partial charge is 0.251 e. The SMILES string of the molecule is CC(CCCO)NC(=O)c1ccc2[nH]ncc2c1. The fourth-order valence-corrected chi connectivity index (χ4v) is 1.86.